The van der Waals surface area contributed by atoms with Crippen molar-refractivity contribution in [3.8, 4) is 51.3 Å². The maximum atomic E-state index is 11.9. The highest BCUT2D eigenvalue weighted by Gasteiger charge is 2.51. The summed E-state index contributed by atoms with van der Waals surface area (Å²) >= 11 is 0. The highest BCUT2D eigenvalue weighted by molar-refractivity contribution is 7.87. The number of ether oxygens (including phenoxy) is 1. The summed E-state index contributed by atoms with van der Waals surface area (Å²) in [5.41, 5.74) is 8.63. The molecule has 2 aromatic heterocycles. The van der Waals surface area contributed by atoms with E-state index in [4.69, 9.17) is 8.92 Å². The topological polar surface area (TPSA) is 119 Å². The van der Waals surface area contributed by atoms with Crippen molar-refractivity contribution >= 4 is 10.1 Å². The number of phenolic OH excluding ortho intramolecular Hbond substituents is 2. The van der Waals surface area contributed by atoms with Gasteiger partial charge in [0.25, 0.3) is 0 Å². The average Bonchev–Trinajstić information content (AvgIpc) is 3.39. The monoisotopic (exact) mass is 670 g/mol. The molecule has 0 bridgehead atoms. The molecule has 6 aromatic rings. The van der Waals surface area contributed by atoms with Gasteiger partial charge in [-0.25, -0.2) is 0 Å². The van der Waals surface area contributed by atoms with Gasteiger partial charge in [0.05, 0.1) is 28.2 Å². The second kappa shape index (κ2) is 12.4. The molecular weight excluding hydrogens is 637 g/mol. The van der Waals surface area contributed by atoms with Crippen molar-refractivity contribution in [3.05, 3.63) is 149 Å². The van der Waals surface area contributed by atoms with Crippen molar-refractivity contribution in [1.82, 2.24) is 9.97 Å². The van der Waals surface area contributed by atoms with Gasteiger partial charge in [0.1, 0.15) is 23.0 Å². The van der Waals surface area contributed by atoms with Crippen LogP contribution < -0.4 is 8.92 Å². The van der Waals surface area contributed by atoms with E-state index in [2.05, 4.69) is 58.5 Å². The van der Waals surface area contributed by atoms with E-state index in [0.717, 1.165) is 22.4 Å². The lowest BCUT2D eigenvalue weighted by atomic mass is 9.66. The van der Waals surface area contributed by atoms with Crippen LogP contribution in [0.3, 0.4) is 0 Å². The van der Waals surface area contributed by atoms with Crippen LogP contribution in [0.2, 0.25) is 0 Å². The molecule has 1 spiro atoms. The summed E-state index contributed by atoms with van der Waals surface area (Å²) < 4.78 is 34.9. The number of aromatic nitrogens is 2. The maximum absolute atomic E-state index is 11.9. The highest BCUT2D eigenvalue weighted by Crippen LogP contribution is 2.62. The summed E-state index contributed by atoms with van der Waals surface area (Å²) in [5, 5.41) is 19.6. The van der Waals surface area contributed by atoms with Crippen molar-refractivity contribution in [2.24, 2.45) is 0 Å². The first-order chi connectivity index (χ1) is 23.6. The molecule has 9 heteroatoms. The number of phenols is 2. The minimum atomic E-state index is -3.60. The van der Waals surface area contributed by atoms with Crippen molar-refractivity contribution in [3.63, 3.8) is 0 Å². The van der Waals surface area contributed by atoms with Gasteiger partial charge in [-0.15, -0.1) is 0 Å². The zero-order valence-corrected chi connectivity index (χ0v) is 28.0. The fraction of sp³-hybridized carbons (Fsp3) is 0.150. The average molecular weight is 671 g/mol. The van der Waals surface area contributed by atoms with Crippen molar-refractivity contribution < 1.29 is 27.6 Å². The first-order valence-electron chi connectivity index (χ1n) is 16.0. The third kappa shape index (κ3) is 5.55. The third-order valence-electron chi connectivity index (χ3n) is 9.10. The number of aromatic hydroxyl groups is 2. The number of fused-ring (bicyclic) bond motifs is 9. The molecule has 1 aliphatic heterocycles. The van der Waals surface area contributed by atoms with Crippen LogP contribution in [0.5, 0.6) is 28.7 Å². The minimum absolute atomic E-state index is 0.150. The Balaban J connectivity index is 0.000000162. The van der Waals surface area contributed by atoms with Crippen LogP contribution in [0.15, 0.2) is 122 Å². The van der Waals surface area contributed by atoms with Gasteiger partial charge in [-0.05, 0) is 78.4 Å². The lowest BCUT2D eigenvalue weighted by Gasteiger charge is -2.39. The lowest BCUT2D eigenvalue weighted by Crippen LogP contribution is -2.32. The SMILES string of the molecule is CCC(C)S(=O)(=O)Oc1ccc(-c2ccc(C)cn2)nc1.Oc1ccc2c(c1)Oc1cc(O)ccc1C21c2ccccc2-c2ccccc21. The van der Waals surface area contributed by atoms with E-state index in [-0.39, 0.29) is 17.2 Å². The Kier molecular flexibility index (Phi) is 8.08. The number of benzene rings is 4. The Morgan fingerprint density at radius 3 is 1.73 bits per heavy atom. The van der Waals surface area contributed by atoms with Gasteiger partial charge in [0, 0.05) is 29.5 Å². The summed E-state index contributed by atoms with van der Waals surface area (Å²) in [6, 6.07) is 34.5. The van der Waals surface area contributed by atoms with Crippen LogP contribution in [-0.2, 0) is 15.5 Å². The largest absolute Gasteiger partial charge is 0.508 e. The molecule has 0 amide bonds. The Bertz CT molecular complexity index is 2190. The van der Waals surface area contributed by atoms with Crippen LogP contribution in [0.4, 0.5) is 0 Å². The molecule has 1 unspecified atom stereocenters. The zero-order chi connectivity index (χ0) is 34.3. The fourth-order valence-corrected chi connectivity index (χ4v) is 7.45. The number of rotatable bonds is 5. The highest BCUT2D eigenvalue weighted by atomic mass is 32.2. The Hall–Kier alpha value is -5.67. The predicted molar refractivity (Wildman–Crippen MR) is 189 cm³/mol. The van der Waals surface area contributed by atoms with E-state index in [1.807, 2.05) is 31.2 Å². The summed E-state index contributed by atoms with van der Waals surface area (Å²) in [6.07, 6.45) is 3.66. The second-order valence-corrected chi connectivity index (χ2v) is 14.2. The number of hydrogen-bond donors (Lipinski definition) is 2. The van der Waals surface area contributed by atoms with Gasteiger partial charge in [0.15, 0.2) is 5.75 Å². The van der Waals surface area contributed by atoms with Crippen LogP contribution in [0.25, 0.3) is 22.5 Å². The first-order valence-corrected chi connectivity index (χ1v) is 17.5. The normalized spacial score (nSPS) is 13.9. The summed E-state index contributed by atoms with van der Waals surface area (Å²) in [6.45, 7) is 5.38. The van der Waals surface area contributed by atoms with Gasteiger partial charge in [-0.1, -0.05) is 73.7 Å². The van der Waals surface area contributed by atoms with Gasteiger partial charge in [-0.2, -0.15) is 8.42 Å². The summed E-state index contributed by atoms with van der Waals surface area (Å²) in [4.78, 5) is 8.47. The number of nitrogens with zero attached hydrogens (tertiary/aromatic N) is 2. The zero-order valence-electron chi connectivity index (χ0n) is 27.2. The standard InChI is InChI=1S/C25H16O3.C15H18N2O3S/c26-15-9-11-21-23(13-15)28-24-14-16(27)10-12-22(24)25(21)19-7-3-1-5-17(19)18-6-2-4-8-20(18)25;1-4-12(3)21(18,19)20-13-6-8-15(17-10-13)14-7-5-11(2)9-16-14/h1-14,26-27H;5-10,12H,4H2,1-3H3. The van der Waals surface area contributed by atoms with Crippen LogP contribution in [0, 0.1) is 6.92 Å². The predicted octanol–water partition coefficient (Wildman–Crippen LogP) is 8.53. The lowest BCUT2D eigenvalue weighted by molar-refractivity contribution is 0.417. The molecule has 246 valence electrons. The summed E-state index contributed by atoms with van der Waals surface area (Å²) in [7, 11) is -3.60. The Morgan fingerprint density at radius 1 is 0.714 bits per heavy atom. The molecule has 2 N–H and O–H groups in total. The smallest absolute Gasteiger partial charge is 0.311 e. The van der Waals surface area contributed by atoms with Crippen LogP contribution >= 0.6 is 0 Å². The van der Waals surface area contributed by atoms with Crippen molar-refractivity contribution in [1.29, 1.82) is 0 Å². The summed E-state index contributed by atoms with van der Waals surface area (Å²) in [5.74, 6) is 1.72. The maximum Gasteiger partial charge on any atom is 0.311 e. The first kappa shape index (κ1) is 31.9. The molecule has 0 saturated heterocycles. The molecule has 1 atom stereocenters. The molecule has 0 saturated carbocycles. The number of pyridine rings is 2. The van der Waals surface area contributed by atoms with E-state index in [0.29, 0.717) is 23.6 Å². The molecular formula is C40H34N2O6S. The van der Waals surface area contributed by atoms with Gasteiger partial charge >= 0.3 is 10.1 Å². The molecule has 3 heterocycles. The molecule has 4 aromatic carbocycles. The van der Waals surface area contributed by atoms with Crippen LogP contribution in [-0.4, -0.2) is 33.8 Å². The van der Waals surface area contributed by atoms with E-state index in [1.165, 1.54) is 28.5 Å². The Labute approximate surface area is 285 Å². The number of hydrogen-bond acceptors (Lipinski definition) is 8. The van der Waals surface area contributed by atoms with Crippen molar-refractivity contribution in [2.75, 3.05) is 0 Å². The molecule has 8 rings (SSSR count). The molecule has 49 heavy (non-hydrogen) atoms. The fourth-order valence-electron chi connectivity index (χ4n) is 6.51. The van der Waals surface area contributed by atoms with E-state index < -0.39 is 20.8 Å². The van der Waals surface area contributed by atoms with E-state index >= 15 is 0 Å². The van der Waals surface area contributed by atoms with Gasteiger partial charge < -0.3 is 19.1 Å². The van der Waals surface area contributed by atoms with Crippen LogP contribution in [0.1, 0.15) is 48.1 Å². The molecule has 0 fully saturated rings. The Morgan fingerprint density at radius 2 is 1.24 bits per heavy atom. The quantitative estimate of drug-likeness (QED) is 0.175. The minimum Gasteiger partial charge on any atom is -0.508 e. The van der Waals surface area contributed by atoms with Gasteiger partial charge in [-0.3, -0.25) is 9.97 Å². The molecule has 0 radical (unpaired) electrons. The molecule has 8 nitrogen and oxygen atoms in total. The van der Waals surface area contributed by atoms with E-state index in [1.54, 1.807) is 56.4 Å². The third-order valence-corrected chi connectivity index (χ3v) is 10.8. The second-order valence-electron chi connectivity index (χ2n) is 12.2. The molecule has 1 aliphatic carbocycles. The molecule has 2 aliphatic rings. The van der Waals surface area contributed by atoms with E-state index in [9.17, 15) is 18.6 Å². The number of aryl methyl sites for hydroxylation is 1. The van der Waals surface area contributed by atoms with Gasteiger partial charge in [0.2, 0.25) is 0 Å². The van der Waals surface area contributed by atoms with Crippen molar-refractivity contribution in [2.45, 2.75) is 37.9 Å².